The van der Waals surface area contributed by atoms with Crippen LogP contribution >= 0.6 is 0 Å². The molecule has 1 aliphatic carbocycles. The molecule has 0 radical (unpaired) electrons. The number of aromatic nitrogens is 3. The second kappa shape index (κ2) is 7.96. The third kappa shape index (κ3) is 4.57. The normalized spacial score (nSPS) is 19.6. The van der Waals surface area contributed by atoms with Crippen LogP contribution in [-0.4, -0.2) is 33.4 Å². The van der Waals surface area contributed by atoms with E-state index >= 15 is 0 Å². The highest BCUT2D eigenvalue weighted by Crippen LogP contribution is 2.28. The number of pyridine rings is 1. The summed E-state index contributed by atoms with van der Waals surface area (Å²) in [6.45, 7) is 1.88. The molecule has 0 saturated heterocycles. The number of rotatable bonds is 5. The Morgan fingerprint density at radius 2 is 2.04 bits per heavy atom. The molecule has 1 aliphatic rings. The van der Waals surface area contributed by atoms with E-state index in [0.717, 1.165) is 31.4 Å². The van der Waals surface area contributed by atoms with E-state index in [-0.39, 0.29) is 18.0 Å². The number of nitrogens with one attached hydrogen (secondary N) is 2. The number of ether oxygens (including phenoxy) is 1. The molecule has 3 rings (SSSR count). The summed E-state index contributed by atoms with van der Waals surface area (Å²) in [5, 5.41) is 14.4. The van der Waals surface area contributed by atoms with Gasteiger partial charge in [-0.2, -0.15) is 0 Å². The third-order valence-electron chi connectivity index (χ3n) is 4.26. The minimum absolute atomic E-state index is 0.0145. The van der Waals surface area contributed by atoms with E-state index in [0.29, 0.717) is 17.3 Å². The van der Waals surface area contributed by atoms with E-state index in [9.17, 15) is 4.79 Å². The van der Waals surface area contributed by atoms with Crippen LogP contribution in [0.5, 0.6) is 5.88 Å². The fourth-order valence-corrected chi connectivity index (χ4v) is 2.99. The molecule has 2 aromatic rings. The van der Waals surface area contributed by atoms with Crippen LogP contribution in [0.3, 0.4) is 0 Å². The molecule has 26 heavy (non-hydrogen) atoms. The summed E-state index contributed by atoms with van der Waals surface area (Å²) in [5.74, 6) is 1.12. The number of amides is 1. The van der Waals surface area contributed by atoms with E-state index in [1.165, 1.54) is 0 Å². The van der Waals surface area contributed by atoms with Gasteiger partial charge in [0.25, 0.3) is 5.88 Å². The van der Waals surface area contributed by atoms with Crippen molar-refractivity contribution >= 4 is 23.4 Å². The maximum absolute atomic E-state index is 11.1. The van der Waals surface area contributed by atoms with Gasteiger partial charge in [0, 0.05) is 23.8 Å². The monoisotopic (exact) mass is 357 g/mol. The van der Waals surface area contributed by atoms with E-state index in [2.05, 4.69) is 25.8 Å². The zero-order valence-electron chi connectivity index (χ0n) is 14.6. The van der Waals surface area contributed by atoms with Gasteiger partial charge < -0.3 is 26.8 Å². The molecule has 0 aliphatic heterocycles. The van der Waals surface area contributed by atoms with E-state index in [4.69, 9.17) is 16.2 Å². The Balaban J connectivity index is 1.84. The highest BCUT2D eigenvalue weighted by Gasteiger charge is 2.22. The fourth-order valence-electron chi connectivity index (χ4n) is 2.99. The molecule has 0 unspecified atom stereocenters. The number of primary amides is 1. The van der Waals surface area contributed by atoms with Gasteiger partial charge in [-0.3, -0.25) is 0 Å². The molecular formula is C17H23N7O2. The Kier molecular flexibility index (Phi) is 5.47. The van der Waals surface area contributed by atoms with Crippen molar-refractivity contribution in [2.45, 2.75) is 44.7 Å². The number of aryl methyl sites for hydroxylation is 1. The van der Waals surface area contributed by atoms with Crippen molar-refractivity contribution in [3.8, 4) is 5.88 Å². The Bertz CT molecular complexity index is 783. The predicted molar refractivity (Wildman–Crippen MR) is 98.4 cm³/mol. The molecule has 1 amide bonds. The standard InChI is InChI=1S/C17H23N7O2/c1-10-5-4-8-14(20-10)22-13-9-15(23-24-16(13)26-17(19)25)21-12-7-3-2-6-11(12)18/h4-5,8-9,11-12H,2-3,6-7,18H2,1H3,(H2,19,25)(H2,20,21,22,23)/t11-,12+/m0/s1. The number of nitrogens with zero attached hydrogens (tertiary/aromatic N) is 3. The molecule has 2 heterocycles. The number of carbonyl (C=O) groups excluding carboxylic acids is 1. The Morgan fingerprint density at radius 1 is 1.23 bits per heavy atom. The molecule has 0 bridgehead atoms. The first kappa shape index (κ1) is 17.9. The number of anilines is 3. The van der Waals surface area contributed by atoms with Gasteiger partial charge in [0.15, 0.2) is 5.82 Å². The predicted octanol–water partition coefficient (Wildman–Crippen LogP) is 2.06. The molecule has 1 fully saturated rings. The van der Waals surface area contributed by atoms with Gasteiger partial charge in [-0.15, -0.1) is 10.2 Å². The van der Waals surface area contributed by atoms with Crippen LogP contribution < -0.4 is 26.8 Å². The summed E-state index contributed by atoms with van der Waals surface area (Å²) in [6, 6.07) is 7.46. The van der Waals surface area contributed by atoms with E-state index in [1.807, 2.05) is 19.1 Å². The quantitative estimate of drug-likeness (QED) is 0.637. The van der Waals surface area contributed by atoms with Gasteiger partial charge in [0.2, 0.25) is 0 Å². The average Bonchev–Trinajstić information content (AvgIpc) is 2.59. The van der Waals surface area contributed by atoms with Crippen molar-refractivity contribution in [1.82, 2.24) is 15.2 Å². The van der Waals surface area contributed by atoms with Crippen LogP contribution in [0, 0.1) is 6.92 Å². The minimum atomic E-state index is -0.963. The molecule has 138 valence electrons. The number of nitrogens with two attached hydrogens (primary N) is 2. The summed E-state index contributed by atoms with van der Waals surface area (Å²) >= 11 is 0. The molecule has 0 spiro atoms. The van der Waals surface area contributed by atoms with Crippen molar-refractivity contribution in [2.75, 3.05) is 10.6 Å². The lowest BCUT2D eigenvalue weighted by molar-refractivity contribution is 0.209. The number of carbonyl (C=O) groups is 1. The first-order valence-electron chi connectivity index (χ1n) is 8.59. The summed E-state index contributed by atoms with van der Waals surface area (Å²) in [7, 11) is 0. The smallest absolute Gasteiger partial charge is 0.387 e. The molecule has 2 aromatic heterocycles. The van der Waals surface area contributed by atoms with Crippen molar-refractivity contribution in [3.05, 3.63) is 30.0 Å². The van der Waals surface area contributed by atoms with Crippen LogP contribution in [0.25, 0.3) is 0 Å². The van der Waals surface area contributed by atoms with Gasteiger partial charge in [-0.1, -0.05) is 18.9 Å². The van der Waals surface area contributed by atoms with Gasteiger partial charge in [0.1, 0.15) is 11.5 Å². The molecule has 1 saturated carbocycles. The second-order valence-electron chi connectivity index (χ2n) is 6.36. The SMILES string of the molecule is Cc1cccc(Nc2cc(N[C@@H]3CCCC[C@@H]3N)nnc2OC(N)=O)n1. The topological polar surface area (TPSA) is 141 Å². The first-order valence-corrected chi connectivity index (χ1v) is 8.59. The van der Waals surface area contributed by atoms with Crippen LogP contribution in [0.4, 0.5) is 22.1 Å². The third-order valence-corrected chi connectivity index (χ3v) is 4.26. The zero-order chi connectivity index (χ0) is 18.5. The highest BCUT2D eigenvalue weighted by molar-refractivity contribution is 5.73. The summed E-state index contributed by atoms with van der Waals surface area (Å²) in [6.07, 6.45) is 3.26. The van der Waals surface area contributed by atoms with Crippen LogP contribution in [0.2, 0.25) is 0 Å². The molecule has 6 N–H and O–H groups in total. The molecule has 9 heteroatoms. The van der Waals surface area contributed by atoms with E-state index in [1.54, 1.807) is 12.1 Å². The van der Waals surface area contributed by atoms with Gasteiger partial charge in [0.05, 0.1) is 0 Å². The number of hydrogen-bond donors (Lipinski definition) is 4. The minimum Gasteiger partial charge on any atom is -0.387 e. The fraction of sp³-hybridized carbons (Fsp3) is 0.412. The van der Waals surface area contributed by atoms with E-state index < -0.39 is 6.09 Å². The lowest BCUT2D eigenvalue weighted by atomic mass is 9.91. The maximum atomic E-state index is 11.1. The van der Waals surface area contributed by atoms with Crippen molar-refractivity contribution < 1.29 is 9.53 Å². The van der Waals surface area contributed by atoms with Crippen LogP contribution in [0.15, 0.2) is 24.3 Å². The molecular weight excluding hydrogens is 334 g/mol. The maximum Gasteiger partial charge on any atom is 0.411 e. The summed E-state index contributed by atoms with van der Waals surface area (Å²) < 4.78 is 4.94. The first-order chi connectivity index (χ1) is 12.5. The highest BCUT2D eigenvalue weighted by atomic mass is 16.6. The zero-order valence-corrected chi connectivity index (χ0v) is 14.6. The van der Waals surface area contributed by atoms with Gasteiger partial charge >= 0.3 is 6.09 Å². The van der Waals surface area contributed by atoms with Crippen molar-refractivity contribution in [1.29, 1.82) is 0 Å². The largest absolute Gasteiger partial charge is 0.411 e. The molecule has 0 aromatic carbocycles. The van der Waals surface area contributed by atoms with Crippen molar-refractivity contribution in [2.24, 2.45) is 11.5 Å². The second-order valence-corrected chi connectivity index (χ2v) is 6.36. The Morgan fingerprint density at radius 3 is 2.77 bits per heavy atom. The van der Waals surface area contributed by atoms with Gasteiger partial charge in [-0.05, 0) is 31.9 Å². The van der Waals surface area contributed by atoms with Crippen LogP contribution in [0.1, 0.15) is 31.4 Å². The number of hydrogen-bond acceptors (Lipinski definition) is 8. The summed E-state index contributed by atoms with van der Waals surface area (Å²) in [5.41, 5.74) is 12.6. The molecule has 9 nitrogen and oxygen atoms in total. The Labute approximate surface area is 151 Å². The lowest BCUT2D eigenvalue weighted by Gasteiger charge is -2.29. The average molecular weight is 357 g/mol. The van der Waals surface area contributed by atoms with Crippen LogP contribution in [-0.2, 0) is 0 Å². The van der Waals surface area contributed by atoms with Gasteiger partial charge in [-0.25, -0.2) is 9.78 Å². The van der Waals surface area contributed by atoms with Crippen molar-refractivity contribution in [3.63, 3.8) is 0 Å². The molecule has 2 atom stereocenters. The Hall–Kier alpha value is -2.94. The lowest BCUT2D eigenvalue weighted by Crippen LogP contribution is -2.42. The summed E-state index contributed by atoms with van der Waals surface area (Å²) in [4.78, 5) is 15.5.